The Labute approximate surface area is 244 Å². The molecule has 1 aromatic carbocycles. The van der Waals surface area contributed by atoms with Gasteiger partial charge in [0.15, 0.2) is 0 Å². The number of carbonyl (C=O) groups is 1. The van der Waals surface area contributed by atoms with E-state index in [1.54, 1.807) is 22.0 Å². The van der Waals surface area contributed by atoms with E-state index in [0.717, 1.165) is 28.1 Å². The number of pyridine rings is 1. The van der Waals surface area contributed by atoms with Gasteiger partial charge in [-0.2, -0.15) is 10.2 Å². The number of benzene rings is 1. The van der Waals surface area contributed by atoms with Crippen LogP contribution in [-0.2, 0) is 16.6 Å². The molecule has 0 radical (unpaired) electrons. The quantitative estimate of drug-likeness (QED) is 0.167. The SMILES string of the molecule is C=CC(=O)N1CC[C@H](n2cc(-c3nc(-c4cnn(C)c4)c4ccsc4c3-c3c(F)cc(F)cc3OCCOC)cn2)C1. The minimum absolute atomic E-state index is 0.0372. The second-order valence-corrected chi connectivity index (χ2v) is 10.9. The van der Waals surface area contributed by atoms with Crippen molar-refractivity contribution in [2.24, 2.45) is 7.05 Å². The first-order valence-corrected chi connectivity index (χ1v) is 14.2. The number of aryl methyl sites for hydroxylation is 1. The molecular formula is C30H28F2N6O3S. The highest BCUT2D eigenvalue weighted by molar-refractivity contribution is 7.18. The molecule has 1 aliphatic heterocycles. The van der Waals surface area contributed by atoms with Gasteiger partial charge in [0, 0.05) is 78.5 Å². The summed E-state index contributed by atoms with van der Waals surface area (Å²) in [6.45, 7) is 5.04. The minimum atomic E-state index is -0.768. The number of hydrogen-bond acceptors (Lipinski definition) is 7. The van der Waals surface area contributed by atoms with Crippen LogP contribution in [0.15, 0.2) is 61.0 Å². The highest BCUT2D eigenvalue weighted by Gasteiger charge is 2.29. The van der Waals surface area contributed by atoms with Crippen molar-refractivity contribution in [2.75, 3.05) is 33.4 Å². The maximum absolute atomic E-state index is 15.8. The number of aromatic nitrogens is 5. The molecule has 0 N–H and O–H groups in total. The molecule has 5 aromatic rings. The van der Waals surface area contributed by atoms with Crippen LogP contribution in [-0.4, -0.2) is 68.8 Å². The summed E-state index contributed by atoms with van der Waals surface area (Å²) >= 11 is 1.43. The van der Waals surface area contributed by atoms with E-state index in [2.05, 4.69) is 16.8 Å². The number of likely N-dealkylation sites (tertiary alicyclic amines) is 1. The van der Waals surface area contributed by atoms with Crippen LogP contribution < -0.4 is 4.74 Å². The van der Waals surface area contributed by atoms with Gasteiger partial charge in [0.1, 0.15) is 24.0 Å². The average Bonchev–Trinajstić information content (AvgIpc) is 3.79. The Balaban J connectivity index is 1.55. The summed E-state index contributed by atoms with van der Waals surface area (Å²) in [5.74, 6) is -1.58. The first-order chi connectivity index (χ1) is 20.4. The lowest BCUT2D eigenvalue weighted by Gasteiger charge is -2.17. The molecule has 0 saturated carbocycles. The van der Waals surface area contributed by atoms with Gasteiger partial charge in [-0.3, -0.25) is 14.2 Å². The molecule has 216 valence electrons. The normalized spacial score (nSPS) is 15.0. The summed E-state index contributed by atoms with van der Waals surface area (Å²) < 4.78 is 45.5. The zero-order valence-electron chi connectivity index (χ0n) is 23.1. The van der Waals surface area contributed by atoms with Gasteiger partial charge in [-0.05, 0) is 23.9 Å². The standard InChI is InChI=1S/C30H28F2N6O3S/c1-4-25(39)37-7-5-21(17-37)38-16-19(14-34-38)29-27(26-23(32)11-20(31)12-24(26)41-9-8-40-3)30-22(6-10-42-30)28(35-29)18-13-33-36(2)15-18/h4,6,10-16,21H,1,5,7-9,17H2,2-3H3/t21-/m0/s1. The van der Waals surface area contributed by atoms with Gasteiger partial charge in [0.05, 0.1) is 42.0 Å². The van der Waals surface area contributed by atoms with Crippen molar-refractivity contribution >= 4 is 27.3 Å². The number of thiophene rings is 1. The molecule has 0 spiro atoms. The monoisotopic (exact) mass is 590 g/mol. The number of amides is 1. The summed E-state index contributed by atoms with van der Waals surface area (Å²) in [5, 5.41) is 11.7. The number of methoxy groups -OCH3 is 1. The van der Waals surface area contributed by atoms with Crippen LogP contribution in [0.1, 0.15) is 12.5 Å². The Morgan fingerprint density at radius 1 is 1.14 bits per heavy atom. The summed E-state index contributed by atoms with van der Waals surface area (Å²) in [6.07, 6.45) is 9.19. The Morgan fingerprint density at radius 3 is 2.71 bits per heavy atom. The second kappa shape index (κ2) is 11.5. The van der Waals surface area contributed by atoms with E-state index in [-0.39, 0.29) is 36.5 Å². The van der Waals surface area contributed by atoms with E-state index in [1.807, 2.05) is 35.6 Å². The van der Waals surface area contributed by atoms with Crippen molar-refractivity contribution < 1.29 is 23.0 Å². The first-order valence-electron chi connectivity index (χ1n) is 13.3. The van der Waals surface area contributed by atoms with Gasteiger partial charge < -0.3 is 14.4 Å². The maximum Gasteiger partial charge on any atom is 0.246 e. The van der Waals surface area contributed by atoms with E-state index in [9.17, 15) is 9.18 Å². The van der Waals surface area contributed by atoms with Gasteiger partial charge >= 0.3 is 0 Å². The van der Waals surface area contributed by atoms with Crippen molar-refractivity contribution in [3.63, 3.8) is 0 Å². The molecule has 0 aliphatic carbocycles. The molecule has 1 atom stereocenters. The number of rotatable bonds is 9. The summed E-state index contributed by atoms with van der Waals surface area (Å²) in [4.78, 5) is 19.0. The zero-order chi connectivity index (χ0) is 29.4. The van der Waals surface area contributed by atoms with Crippen LogP contribution >= 0.6 is 11.3 Å². The molecule has 9 nitrogen and oxygen atoms in total. The molecule has 1 aliphatic rings. The number of carbonyl (C=O) groups excluding carboxylic acids is 1. The third-order valence-electron chi connectivity index (χ3n) is 7.30. The molecule has 0 unspecified atom stereocenters. The van der Waals surface area contributed by atoms with Crippen molar-refractivity contribution in [2.45, 2.75) is 12.5 Å². The van der Waals surface area contributed by atoms with Crippen molar-refractivity contribution in [1.82, 2.24) is 29.4 Å². The van der Waals surface area contributed by atoms with Crippen molar-refractivity contribution in [1.29, 1.82) is 0 Å². The predicted molar refractivity (Wildman–Crippen MR) is 156 cm³/mol. The molecular weight excluding hydrogens is 562 g/mol. The Bertz CT molecular complexity index is 1790. The fraction of sp³-hybridized carbons (Fsp3) is 0.267. The molecule has 1 saturated heterocycles. The van der Waals surface area contributed by atoms with E-state index < -0.39 is 11.6 Å². The molecule has 4 aromatic heterocycles. The van der Waals surface area contributed by atoms with Gasteiger partial charge in [-0.25, -0.2) is 13.8 Å². The smallest absolute Gasteiger partial charge is 0.246 e. The van der Waals surface area contributed by atoms with E-state index in [0.29, 0.717) is 35.6 Å². The lowest BCUT2D eigenvalue weighted by molar-refractivity contribution is -0.125. The number of fused-ring (bicyclic) bond motifs is 1. The number of halogens is 2. The maximum atomic E-state index is 15.8. The van der Waals surface area contributed by atoms with Crippen LogP contribution in [0.4, 0.5) is 8.78 Å². The zero-order valence-corrected chi connectivity index (χ0v) is 23.9. The Kier molecular flexibility index (Phi) is 7.56. The molecule has 6 rings (SSSR count). The predicted octanol–water partition coefficient (Wildman–Crippen LogP) is 5.49. The van der Waals surface area contributed by atoms with E-state index in [4.69, 9.17) is 14.5 Å². The van der Waals surface area contributed by atoms with E-state index in [1.165, 1.54) is 30.6 Å². The van der Waals surface area contributed by atoms with E-state index >= 15 is 4.39 Å². The first kappa shape index (κ1) is 27.7. The van der Waals surface area contributed by atoms with Crippen LogP contribution in [0.25, 0.3) is 43.7 Å². The van der Waals surface area contributed by atoms with Gasteiger partial charge in [0.25, 0.3) is 0 Å². The third-order valence-corrected chi connectivity index (χ3v) is 8.23. The highest BCUT2D eigenvalue weighted by atomic mass is 32.1. The van der Waals surface area contributed by atoms with Crippen LogP contribution in [0, 0.1) is 11.6 Å². The third kappa shape index (κ3) is 5.07. The van der Waals surface area contributed by atoms with Crippen LogP contribution in [0.2, 0.25) is 0 Å². The largest absolute Gasteiger partial charge is 0.490 e. The molecule has 1 amide bonds. The molecule has 5 heterocycles. The number of hydrogen-bond donors (Lipinski definition) is 0. The molecule has 1 fully saturated rings. The summed E-state index contributed by atoms with van der Waals surface area (Å²) in [5.41, 5.74) is 3.17. The lowest BCUT2D eigenvalue weighted by Crippen LogP contribution is -2.27. The van der Waals surface area contributed by atoms with Crippen LogP contribution in [0.3, 0.4) is 0 Å². The lowest BCUT2D eigenvalue weighted by atomic mass is 9.96. The molecule has 42 heavy (non-hydrogen) atoms. The van der Waals surface area contributed by atoms with Crippen molar-refractivity contribution in [3.05, 3.63) is 72.7 Å². The topological polar surface area (TPSA) is 87.3 Å². The summed E-state index contributed by atoms with van der Waals surface area (Å²) in [6, 6.07) is 3.93. The van der Waals surface area contributed by atoms with Crippen molar-refractivity contribution in [3.8, 4) is 39.4 Å². The Hall–Kier alpha value is -4.42. The average molecular weight is 591 g/mol. The Morgan fingerprint density at radius 2 is 1.95 bits per heavy atom. The van der Waals surface area contributed by atoms with Crippen LogP contribution in [0.5, 0.6) is 5.75 Å². The highest BCUT2D eigenvalue weighted by Crippen LogP contribution is 2.47. The fourth-order valence-corrected chi connectivity index (χ4v) is 6.27. The summed E-state index contributed by atoms with van der Waals surface area (Å²) in [7, 11) is 3.35. The molecule has 0 bridgehead atoms. The molecule has 12 heteroatoms. The van der Waals surface area contributed by atoms with Gasteiger partial charge in [-0.1, -0.05) is 6.58 Å². The second-order valence-electron chi connectivity index (χ2n) is 9.99. The van der Waals surface area contributed by atoms with Gasteiger partial charge in [-0.15, -0.1) is 11.3 Å². The van der Waals surface area contributed by atoms with Gasteiger partial charge in [0.2, 0.25) is 5.91 Å². The number of ether oxygens (including phenoxy) is 2. The minimum Gasteiger partial charge on any atom is -0.490 e. The fourth-order valence-electron chi connectivity index (χ4n) is 5.32. The number of nitrogens with zero attached hydrogens (tertiary/aromatic N) is 6.